The SMILES string of the molecule is CCN(C)CCC=NC(C)CO. The van der Waals surface area contributed by atoms with Crippen molar-refractivity contribution in [2.45, 2.75) is 26.3 Å². The van der Waals surface area contributed by atoms with Gasteiger partial charge in [-0.25, -0.2) is 0 Å². The molecule has 3 nitrogen and oxygen atoms in total. The molecule has 72 valence electrons. The van der Waals surface area contributed by atoms with Crippen molar-refractivity contribution in [2.75, 3.05) is 26.7 Å². The van der Waals surface area contributed by atoms with E-state index < -0.39 is 0 Å². The Morgan fingerprint density at radius 3 is 2.75 bits per heavy atom. The summed E-state index contributed by atoms with van der Waals surface area (Å²) in [6.45, 7) is 6.29. The van der Waals surface area contributed by atoms with Gasteiger partial charge in [0, 0.05) is 12.8 Å². The Morgan fingerprint density at radius 2 is 2.25 bits per heavy atom. The van der Waals surface area contributed by atoms with Crippen LogP contribution in [0.25, 0.3) is 0 Å². The molecule has 0 aromatic carbocycles. The van der Waals surface area contributed by atoms with Gasteiger partial charge in [-0.1, -0.05) is 6.92 Å². The quantitative estimate of drug-likeness (QED) is 0.601. The molecule has 0 aliphatic carbocycles. The maximum absolute atomic E-state index is 8.67. The smallest absolute Gasteiger partial charge is 0.0698 e. The van der Waals surface area contributed by atoms with Crippen LogP contribution in [0.1, 0.15) is 20.3 Å². The van der Waals surface area contributed by atoms with Gasteiger partial charge in [0.15, 0.2) is 0 Å². The van der Waals surface area contributed by atoms with E-state index in [1.54, 1.807) is 0 Å². The van der Waals surface area contributed by atoms with E-state index in [0.717, 1.165) is 19.5 Å². The van der Waals surface area contributed by atoms with Gasteiger partial charge in [-0.2, -0.15) is 0 Å². The van der Waals surface area contributed by atoms with E-state index in [0.29, 0.717) is 0 Å². The average Bonchev–Trinajstić information content (AvgIpc) is 2.11. The van der Waals surface area contributed by atoms with E-state index in [1.165, 1.54) is 0 Å². The molecule has 1 unspecified atom stereocenters. The minimum atomic E-state index is 0.0527. The van der Waals surface area contributed by atoms with Gasteiger partial charge in [0.2, 0.25) is 0 Å². The van der Waals surface area contributed by atoms with Crippen molar-refractivity contribution in [1.29, 1.82) is 0 Å². The first-order valence-electron chi connectivity index (χ1n) is 4.51. The van der Waals surface area contributed by atoms with Gasteiger partial charge in [-0.05, 0) is 26.9 Å². The van der Waals surface area contributed by atoms with E-state index >= 15 is 0 Å². The highest BCUT2D eigenvalue weighted by molar-refractivity contribution is 5.57. The van der Waals surface area contributed by atoms with Crippen molar-refractivity contribution in [3.8, 4) is 0 Å². The van der Waals surface area contributed by atoms with Gasteiger partial charge in [0.1, 0.15) is 0 Å². The van der Waals surface area contributed by atoms with Crippen molar-refractivity contribution in [2.24, 2.45) is 4.99 Å². The van der Waals surface area contributed by atoms with Crippen molar-refractivity contribution in [3.63, 3.8) is 0 Å². The predicted molar refractivity (Wildman–Crippen MR) is 52.8 cm³/mol. The second-order valence-electron chi connectivity index (χ2n) is 3.05. The second kappa shape index (κ2) is 7.25. The zero-order chi connectivity index (χ0) is 9.40. The molecule has 0 aliphatic rings. The van der Waals surface area contributed by atoms with Gasteiger partial charge in [-0.15, -0.1) is 0 Å². The van der Waals surface area contributed by atoms with Crippen LogP contribution in [0.4, 0.5) is 0 Å². The highest BCUT2D eigenvalue weighted by Crippen LogP contribution is 1.88. The van der Waals surface area contributed by atoms with Crippen LogP contribution >= 0.6 is 0 Å². The van der Waals surface area contributed by atoms with E-state index in [2.05, 4.69) is 23.9 Å². The third kappa shape index (κ3) is 6.31. The number of hydrogen-bond donors (Lipinski definition) is 1. The van der Waals surface area contributed by atoms with Crippen LogP contribution in [-0.4, -0.2) is 49.0 Å². The van der Waals surface area contributed by atoms with Crippen molar-refractivity contribution in [3.05, 3.63) is 0 Å². The summed E-state index contributed by atoms with van der Waals surface area (Å²) >= 11 is 0. The minimum Gasteiger partial charge on any atom is -0.394 e. The number of hydrogen-bond acceptors (Lipinski definition) is 3. The van der Waals surface area contributed by atoms with Crippen LogP contribution in [0.15, 0.2) is 4.99 Å². The molecule has 0 fully saturated rings. The lowest BCUT2D eigenvalue weighted by atomic mass is 10.3. The van der Waals surface area contributed by atoms with E-state index in [4.69, 9.17) is 5.11 Å². The van der Waals surface area contributed by atoms with Crippen LogP contribution in [-0.2, 0) is 0 Å². The molecule has 0 aliphatic heterocycles. The number of aliphatic hydroxyl groups is 1. The van der Waals surface area contributed by atoms with Crippen molar-refractivity contribution >= 4 is 6.21 Å². The molecule has 0 aromatic rings. The Kier molecular flexibility index (Phi) is 7.00. The summed E-state index contributed by atoms with van der Waals surface area (Å²) in [5.41, 5.74) is 0. The largest absolute Gasteiger partial charge is 0.394 e. The number of aliphatic imine (C=N–C) groups is 1. The van der Waals surface area contributed by atoms with Gasteiger partial charge in [-0.3, -0.25) is 4.99 Å². The molecule has 0 bridgehead atoms. The third-order valence-corrected chi connectivity index (χ3v) is 1.80. The minimum absolute atomic E-state index is 0.0527. The molecule has 0 aromatic heterocycles. The molecule has 0 rings (SSSR count). The molecule has 3 heteroatoms. The molecule has 1 atom stereocenters. The summed E-state index contributed by atoms with van der Waals surface area (Å²) in [4.78, 5) is 6.38. The molecule has 0 spiro atoms. The van der Waals surface area contributed by atoms with Gasteiger partial charge in [0.25, 0.3) is 0 Å². The van der Waals surface area contributed by atoms with Crippen LogP contribution in [0.5, 0.6) is 0 Å². The van der Waals surface area contributed by atoms with Crippen LogP contribution in [0, 0.1) is 0 Å². The van der Waals surface area contributed by atoms with Gasteiger partial charge < -0.3 is 10.0 Å². The summed E-state index contributed by atoms with van der Waals surface area (Å²) < 4.78 is 0. The summed E-state index contributed by atoms with van der Waals surface area (Å²) in [7, 11) is 2.09. The highest BCUT2D eigenvalue weighted by Gasteiger charge is 1.93. The first kappa shape index (κ1) is 11.6. The molecular weight excluding hydrogens is 152 g/mol. The molecule has 0 saturated carbocycles. The molecule has 12 heavy (non-hydrogen) atoms. The first-order valence-corrected chi connectivity index (χ1v) is 4.51. The fourth-order valence-corrected chi connectivity index (χ4v) is 0.738. The average molecular weight is 172 g/mol. The Labute approximate surface area is 75.1 Å². The Bertz CT molecular complexity index is 126. The van der Waals surface area contributed by atoms with Crippen LogP contribution in [0.3, 0.4) is 0 Å². The molecule has 1 N–H and O–H groups in total. The lowest BCUT2D eigenvalue weighted by Gasteiger charge is -2.11. The first-order chi connectivity index (χ1) is 5.70. The molecule has 0 heterocycles. The van der Waals surface area contributed by atoms with E-state index in [-0.39, 0.29) is 12.6 Å². The number of nitrogens with zero attached hydrogens (tertiary/aromatic N) is 2. The summed E-state index contributed by atoms with van der Waals surface area (Å²) in [5, 5.41) is 8.67. The number of aliphatic hydroxyl groups excluding tert-OH is 1. The molecular formula is C9H20N2O. The summed E-state index contributed by atoms with van der Waals surface area (Å²) in [6.07, 6.45) is 2.86. The zero-order valence-corrected chi connectivity index (χ0v) is 8.32. The lowest BCUT2D eigenvalue weighted by molar-refractivity contribution is 0.274. The van der Waals surface area contributed by atoms with Gasteiger partial charge >= 0.3 is 0 Å². The Hall–Kier alpha value is -0.410. The van der Waals surface area contributed by atoms with Crippen molar-refractivity contribution in [1.82, 2.24) is 4.90 Å². The zero-order valence-electron chi connectivity index (χ0n) is 8.32. The van der Waals surface area contributed by atoms with E-state index in [1.807, 2.05) is 13.1 Å². The Balaban J connectivity index is 3.35. The summed E-state index contributed by atoms with van der Waals surface area (Å²) in [6, 6.07) is 0.0527. The predicted octanol–water partition coefficient (Wildman–Crippen LogP) is 0.780. The lowest BCUT2D eigenvalue weighted by Crippen LogP contribution is -2.19. The second-order valence-corrected chi connectivity index (χ2v) is 3.05. The number of rotatable bonds is 6. The fourth-order valence-electron chi connectivity index (χ4n) is 0.738. The monoisotopic (exact) mass is 172 g/mol. The maximum atomic E-state index is 8.67. The van der Waals surface area contributed by atoms with Crippen LogP contribution in [0.2, 0.25) is 0 Å². The van der Waals surface area contributed by atoms with Gasteiger partial charge in [0.05, 0.1) is 12.6 Å². The van der Waals surface area contributed by atoms with Crippen LogP contribution < -0.4 is 0 Å². The van der Waals surface area contributed by atoms with Crippen molar-refractivity contribution < 1.29 is 5.11 Å². The molecule has 0 saturated heterocycles. The Morgan fingerprint density at radius 1 is 1.58 bits per heavy atom. The topological polar surface area (TPSA) is 35.8 Å². The molecule has 0 radical (unpaired) electrons. The highest BCUT2D eigenvalue weighted by atomic mass is 16.3. The third-order valence-electron chi connectivity index (χ3n) is 1.80. The summed E-state index contributed by atoms with van der Waals surface area (Å²) in [5.74, 6) is 0. The van der Waals surface area contributed by atoms with E-state index in [9.17, 15) is 0 Å². The molecule has 0 amide bonds. The normalized spacial score (nSPS) is 14.4. The standard InChI is InChI=1S/C9H20N2O/c1-4-11(3)7-5-6-10-9(2)8-12/h6,9,12H,4-5,7-8H2,1-3H3. The fraction of sp³-hybridized carbons (Fsp3) is 0.889. The maximum Gasteiger partial charge on any atom is 0.0698 e.